The Kier molecular flexibility index (Phi) is 5.02. The Bertz CT molecular complexity index is 608. The molecule has 1 aromatic heterocycles. The topological polar surface area (TPSA) is 74.3 Å². The molecule has 0 atom stereocenters. The van der Waals surface area contributed by atoms with Crippen LogP contribution in [0.4, 0.5) is 11.4 Å². The van der Waals surface area contributed by atoms with Gasteiger partial charge in [-0.1, -0.05) is 0 Å². The van der Waals surface area contributed by atoms with E-state index in [1.165, 1.54) is 11.3 Å². The van der Waals surface area contributed by atoms with Gasteiger partial charge in [0.15, 0.2) is 0 Å². The van der Waals surface area contributed by atoms with Crippen LogP contribution >= 0.6 is 11.3 Å². The highest BCUT2D eigenvalue weighted by atomic mass is 32.1. The zero-order valence-electron chi connectivity index (χ0n) is 11.8. The summed E-state index contributed by atoms with van der Waals surface area (Å²) in [5.74, 6) is -0.333. The van der Waals surface area contributed by atoms with Gasteiger partial charge < -0.3 is 15.5 Å². The van der Waals surface area contributed by atoms with Crippen molar-refractivity contribution in [1.29, 1.82) is 0 Å². The number of carbonyl (C=O) groups excluding carboxylic acids is 2. The van der Waals surface area contributed by atoms with E-state index in [9.17, 15) is 9.59 Å². The molecule has 21 heavy (non-hydrogen) atoms. The lowest BCUT2D eigenvalue weighted by Crippen LogP contribution is -2.27. The van der Waals surface area contributed by atoms with Crippen LogP contribution in [0.3, 0.4) is 0 Å². The van der Waals surface area contributed by atoms with Gasteiger partial charge in [0.05, 0.1) is 12.1 Å². The van der Waals surface area contributed by atoms with Crippen LogP contribution in [-0.2, 0) is 4.79 Å². The predicted octanol–water partition coefficient (Wildman–Crippen LogP) is 1.90. The summed E-state index contributed by atoms with van der Waals surface area (Å²) in [6.45, 7) is 0.322. The Morgan fingerprint density at radius 3 is 2.29 bits per heavy atom. The van der Waals surface area contributed by atoms with Crippen molar-refractivity contribution in [1.82, 2.24) is 9.88 Å². The Morgan fingerprint density at radius 1 is 1.14 bits per heavy atom. The maximum atomic E-state index is 11.8. The lowest BCUT2D eigenvalue weighted by Gasteiger charge is -2.10. The summed E-state index contributed by atoms with van der Waals surface area (Å²) in [6.07, 6.45) is 0. The molecule has 6 nitrogen and oxygen atoms in total. The first kappa shape index (κ1) is 15.1. The smallest absolute Gasteiger partial charge is 0.275 e. The normalized spacial score (nSPS) is 10.4. The highest BCUT2D eigenvalue weighted by Crippen LogP contribution is 2.14. The molecule has 0 unspecified atom stereocenters. The van der Waals surface area contributed by atoms with E-state index in [-0.39, 0.29) is 11.8 Å². The molecule has 110 valence electrons. The number of hydrogen-bond donors (Lipinski definition) is 2. The molecule has 0 saturated heterocycles. The molecule has 0 spiro atoms. The van der Waals surface area contributed by atoms with E-state index in [0.717, 1.165) is 0 Å². The predicted molar refractivity (Wildman–Crippen MR) is 83.7 cm³/mol. The van der Waals surface area contributed by atoms with E-state index in [4.69, 9.17) is 0 Å². The Morgan fingerprint density at radius 2 is 1.76 bits per heavy atom. The Labute approximate surface area is 126 Å². The summed E-state index contributed by atoms with van der Waals surface area (Å²) in [7, 11) is 3.66. The van der Waals surface area contributed by atoms with Crippen molar-refractivity contribution in [2.24, 2.45) is 0 Å². The fraction of sp³-hybridized carbons (Fsp3) is 0.214. The average Bonchev–Trinajstić information content (AvgIpc) is 2.94. The van der Waals surface area contributed by atoms with E-state index in [2.05, 4.69) is 15.6 Å². The molecule has 1 aromatic carbocycles. The molecule has 0 bridgehead atoms. The highest BCUT2D eigenvalue weighted by molar-refractivity contribution is 7.07. The van der Waals surface area contributed by atoms with Crippen molar-refractivity contribution in [2.75, 3.05) is 31.3 Å². The maximum absolute atomic E-state index is 11.8. The molecule has 0 aliphatic heterocycles. The van der Waals surface area contributed by atoms with Crippen molar-refractivity contribution in [3.63, 3.8) is 0 Å². The van der Waals surface area contributed by atoms with E-state index in [1.807, 2.05) is 14.1 Å². The van der Waals surface area contributed by atoms with Crippen LogP contribution in [0.5, 0.6) is 0 Å². The van der Waals surface area contributed by atoms with Gasteiger partial charge in [-0.15, -0.1) is 11.3 Å². The second-order valence-electron chi connectivity index (χ2n) is 4.69. The molecule has 1 heterocycles. The quantitative estimate of drug-likeness (QED) is 0.884. The first-order valence-electron chi connectivity index (χ1n) is 6.29. The van der Waals surface area contributed by atoms with Gasteiger partial charge in [0.2, 0.25) is 5.91 Å². The van der Waals surface area contributed by atoms with E-state index >= 15 is 0 Å². The summed E-state index contributed by atoms with van der Waals surface area (Å²) < 4.78 is 0. The Hall–Kier alpha value is -2.25. The van der Waals surface area contributed by atoms with Gasteiger partial charge in [-0.05, 0) is 38.4 Å². The molecule has 7 heteroatoms. The van der Waals surface area contributed by atoms with Crippen molar-refractivity contribution < 1.29 is 9.59 Å². The van der Waals surface area contributed by atoms with Gasteiger partial charge in [0.25, 0.3) is 5.91 Å². The summed E-state index contributed by atoms with van der Waals surface area (Å²) in [4.78, 5) is 29.2. The van der Waals surface area contributed by atoms with Crippen LogP contribution in [-0.4, -0.2) is 42.3 Å². The number of nitrogens with zero attached hydrogens (tertiary/aromatic N) is 2. The van der Waals surface area contributed by atoms with Gasteiger partial charge in [-0.25, -0.2) is 4.98 Å². The minimum atomic E-state index is -0.249. The number of thiazole rings is 1. The standard InChI is InChI=1S/C14H16N4O2S/c1-18(2)7-13(19)16-10-3-5-11(6-4-10)17-14(20)12-8-21-9-15-12/h3-6,8-9H,7H2,1-2H3,(H,16,19)(H,17,20). The lowest BCUT2D eigenvalue weighted by molar-refractivity contribution is -0.116. The molecular formula is C14H16N4O2S. The maximum Gasteiger partial charge on any atom is 0.275 e. The number of amides is 2. The molecular weight excluding hydrogens is 288 g/mol. The highest BCUT2D eigenvalue weighted by Gasteiger charge is 2.08. The monoisotopic (exact) mass is 304 g/mol. The van der Waals surface area contributed by atoms with Crippen LogP contribution in [0.1, 0.15) is 10.5 Å². The summed E-state index contributed by atoms with van der Waals surface area (Å²) in [6, 6.07) is 6.94. The molecule has 0 fully saturated rings. The number of aromatic nitrogens is 1. The largest absolute Gasteiger partial charge is 0.325 e. The number of nitrogens with one attached hydrogen (secondary N) is 2. The third kappa shape index (κ3) is 4.66. The fourth-order valence-electron chi connectivity index (χ4n) is 1.64. The van der Waals surface area contributed by atoms with Crippen LogP contribution in [0.15, 0.2) is 35.2 Å². The zero-order valence-corrected chi connectivity index (χ0v) is 12.6. The van der Waals surface area contributed by atoms with Crippen LogP contribution in [0, 0.1) is 0 Å². The molecule has 0 radical (unpaired) electrons. The number of benzene rings is 1. The number of rotatable bonds is 5. The lowest BCUT2D eigenvalue weighted by atomic mass is 10.2. The summed E-state index contributed by atoms with van der Waals surface area (Å²) >= 11 is 1.37. The average molecular weight is 304 g/mol. The summed E-state index contributed by atoms with van der Waals surface area (Å²) in [5, 5.41) is 7.20. The van der Waals surface area contributed by atoms with Crippen molar-refractivity contribution in [3.05, 3.63) is 40.8 Å². The fourth-order valence-corrected chi connectivity index (χ4v) is 2.18. The second-order valence-corrected chi connectivity index (χ2v) is 5.41. The third-order valence-electron chi connectivity index (χ3n) is 2.55. The van der Waals surface area contributed by atoms with Crippen LogP contribution in [0.2, 0.25) is 0 Å². The van der Waals surface area contributed by atoms with Crippen molar-refractivity contribution in [2.45, 2.75) is 0 Å². The van der Waals surface area contributed by atoms with E-state index < -0.39 is 0 Å². The Balaban J connectivity index is 1.93. The molecule has 2 aromatic rings. The molecule has 0 saturated carbocycles. The molecule has 0 aliphatic carbocycles. The second kappa shape index (κ2) is 6.96. The first-order chi connectivity index (χ1) is 10.0. The van der Waals surface area contributed by atoms with Gasteiger partial charge in [0, 0.05) is 16.8 Å². The van der Waals surface area contributed by atoms with Gasteiger partial charge in [-0.2, -0.15) is 0 Å². The van der Waals surface area contributed by atoms with Gasteiger partial charge in [-0.3, -0.25) is 9.59 Å². The summed E-state index contributed by atoms with van der Waals surface area (Å²) in [5.41, 5.74) is 3.34. The number of likely N-dealkylation sites (N-methyl/N-ethyl adjacent to an activating group) is 1. The van der Waals surface area contributed by atoms with Crippen molar-refractivity contribution in [3.8, 4) is 0 Å². The molecule has 2 amide bonds. The van der Waals surface area contributed by atoms with Crippen LogP contribution < -0.4 is 10.6 Å². The number of anilines is 2. The van der Waals surface area contributed by atoms with Gasteiger partial charge >= 0.3 is 0 Å². The van der Waals surface area contributed by atoms with E-state index in [0.29, 0.717) is 23.6 Å². The SMILES string of the molecule is CN(C)CC(=O)Nc1ccc(NC(=O)c2cscn2)cc1. The molecule has 0 aliphatic rings. The van der Waals surface area contributed by atoms with Crippen LogP contribution in [0.25, 0.3) is 0 Å². The molecule has 2 rings (SSSR count). The number of hydrogen-bond acceptors (Lipinski definition) is 5. The van der Waals surface area contributed by atoms with Gasteiger partial charge in [0.1, 0.15) is 5.69 Å². The number of carbonyl (C=O) groups is 2. The zero-order chi connectivity index (χ0) is 15.2. The minimum absolute atomic E-state index is 0.0840. The molecule has 2 N–H and O–H groups in total. The first-order valence-corrected chi connectivity index (χ1v) is 7.23. The third-order valence-corrected chi connectivity index (χ3v) is 3.14. The van der Waals surface area contributed by atoms with E-state index in [1.54, 1.807) is 40.1 Å². The minimum Gasteiger partial charge on any atom is -0.325 e. The van der Waals surface area contributed by atoms with Crippen molar-refractivity contribution >= 4 is 34.5 Å².